The third kappa shape index (κ3) is 7.85. The summed E-state index contributed by atoms with van der Waals surface area (Å²) in [5.74, 6) is -0.397. The predicted octanol–water partition coefficient (Wildman–Crippen LogP) is 3.67. The molecule has 1 aromatic carbocycles. The van der Waals surface area contributed by atoms with Crippen LogP contribution in [-0.4, -0.2) is 34.8 Å². The van der Waals surface area contributed by atoms with Gasteiger partial charge in [-0.2, -0.15) is 0 Å². The van der Waals surface area contributed by atoms with Crippen LogP contribution in [0.3, 0.4) is 0 Å². The topological polar surface area (TPSA) is 91.4 Å². The molecular formula is C24H32N4O3. The fourth-order valence-electron chi connectivity index (χ4n) is 2.98. The van der Waals surface area contributed by atoms with Gasteiger partial charge in [-0.3, -0.25) is 14.4 Å². The van der Waals surface area contributed by atoms with Crippen LogP contribution in [0.5, 0.6) is 0 Å². The Morgan fingerprint density at radius 3 is 2.26 bits per heavy atom. The van der Waals surface area contributed by atoms with E-state index in [-0.39, 0.29) is 37.1 Å². The number of pyridine rings is 1. The van der Waals surface area contributed by atoms with E-state index in [2.05, 4.69) is 15.6 Å². The Morgan fingerprint density at radius 1 is 0.935 bits per heavy atom. The van der Waals surface area contributed by atoms with Crippen molar-refractivity contribution < 1.29 is 14.4 Å². The number of amides is 3. The summed E-state index contributed by atoms with van der Waals surface area (Å²) in [5.41, 5.74) is 3.33. The van der Waals surface area contributed by atoms with Gasteiger partial charge in [-0.05, 0) is 82.5 Å². The highest BCUT2D eigenvalue weighted by Crippen LogP contribution is 2.20. The second kappa shape index (κ2) is 10.2. The molecule has 31 heavy (non-hydrogen) atoms. The predicted molar refractivity (Wildman–Crippen MR) is 123 cm³/mol. The second-order valence-corrected chi connectivity index (χ2v) is 8.81. The normalized spacial score (nSPS) is 11.0. The number of hydrogen-bond acceptors (Lipinski definition) is 4. The summed E-state index contributed by atoms with van der Waals surface area (Å²) in [4.78, 5) is 43.4. The first kappa shape index (κ1) is 24.1. The van der Waals surface area contributed by atoms with Crippen LogP contribution in [0.2, 0.25) is 0 Å². The number of rotatable bonds is 7. The van der Waals surface area contributed by atoms with Crippen LogP contribution >= 0.6 is 0 Å². The molecule has 0 aliphatic carbocycles. The van der Waals surface area contributed by atoms with Crippen molar-refractivity contribution in [3.8, 4) is 0 Å². The summed E-state index contributed by atoms with van der Waals surface area (Å²) in [6, 6.07) is 9.22. The summed E-state index contributed by atoms with van der Waals surface area (Å²) < 4.78 is 0. The molecule has 1 heterocycles. The van der Waals surface area contributed by atoms with Crippen LogP contribution in [0.4, 0.5) is 11.5 Å². The van der Waals surface area contributed by atoms with E-state index in [0.29, 0.717) is 11.5 Å². The zero-order chi connectivity index (χ0) is 23.2. The summed E-state index contributed by atoms with van der Waals surface area (Å²) in [6.45, 7) is 11.4. The number of carbonyl (C=O) groups excluding carboxylic acids is 3. The molecule has 7 nitrogen and oxygen atoms in total. The minimum Gasteiger partial charge on any atom is -0.350 e. The van der Waals surface area contributed by atoms with Crippen LogP contribution in [-0.2, 0) is 14.4 Å². The molecule has 0 fully saturated rings. The van der Waals surface area contributed by atoms with Crippen LogP contribution in [0.25, 0.3) is 0 Å². The number of carbonyl (C=O) groups is 3. The molecule has 1 aromatic heterocycles. The Morgan fingerprint density at radius 2 is 1.65 bits per heavy atom. The monoisotopic (exact) mass is 424 g/mol. The maximum Gasteiger partial charge on any atom is 0.240 e. The first-order valence-electron chi connectivity index (χ1n) is 10.4. The Labute approximate surface area is 184 Å². The third-order valence-corrected chi connectivity index (χ3v) is 4.67. The molecule has 2 rings (SSSR count). The lowest BCUT2D eigenvalue weighted by molar-refractivity contribution is -0.125. The highest BCUT2D eigenvalue weighted by molar-refractivity contribution is 6.01. The van der Waals surface area contributed by atoms with E-state index in [4.69, 9.17) is 0 Å². The van der Waals surface area contributed by atoms with E-state index >= 15 is 0 Å². The van der Waals surface area contributed by atoms with Gasteiger partial charge in [-0.15, -0.1) is 0 Å². The molecule has 0 saturated heterocycles. The number of aryl methyl sites for hydroxylation is 3. The molecule has 0 unspecified atom stereocenters. The molecule has 0 aliphatic heterocycles. The zero-order valence-corrected chi connectivity index (χ0v) is 19.2. The first-order chi connectivity index (χ1) is 14.4. The van der Waals surface area contributed by atoms with E-state index in [1.165, 1.54) is 4.90 Å². The fraction of sp³-hybridized carbons (Fsp3) is 0.417. The molecule has 7 heteroatoms. The van der Waals surface area contributed by atoms with Gasteiger partial charge in [0.05, 0.1) is 0 Å². The maximum atomic E-state index is 13.0. The van der Waals surface area contributed by atoms with Crippen LogP contribution in [0, 0.1) is 20.8 Å². The molecule has 0 aliphatic rings. The van der Waals surface area contributed by atoms with Gasteiger partial charge in [0.25, 0.3) is 0 Å². The smallest absolute Gasteiger partial charge is 0.240 e. The average molecular weight is 425 g/mol. The first-order valence-corrected chi connectivity index (χ1v) is 10.4. The highest BCUT2D eigenvalue weighted by Gasteiger charge is 2.23. The lowest BCUT2D eigenvalue weighted by Gasteiger charge is -2.26. The van der Waals surface area contributed by atoms with Gasteiger partial charge in [-0.1, -0.05) is 6.07 Å². The van der Waals surface area contributed by atoms with Gasteiger partial charge >= 0.3 is 0 Å². The number of hydrogen-bond donors (Lipinski definition) is 2. The molecule has 0 atom stereocenters. The van der Waals surface area contributed by atoms with Gasteiger partial charge < -0.3 is 15.5 Å². The Bertz CT molecular complexity index is 964. The summed E-state index contributed by atoms with van der Waals surface area (Å²) in [6.07, 6.45) is 1.59. The minimum atomic E-state index is -0.407. The van der Waals surface area contributed by atoms with Gasteiger partial charge in [0.1, 0.15) is 12.4 Å². The van der Waals surface area contributed by atoms with Crippen molar-refractivity contribution >= 4 is 29.2 Å². The molecule has 0 spiro atoms. The van der Waals surface area contributed by atoms with Crippen LogP contribution in [0.1, 0.15) is 50.3 Å². The lowest BCUT2D eigenvalue weighted by atomic mass is 10.1. The Kier molecular flexibility index (Phi) is 7.91. The quantitative estimate of drug-likeness (QED) is 0.709. The van der Waals surface area contributed by atoms with Crippen LogP contribution in [0.15, 0.2) is 36.5 Å². The molecule has 0 radical (unpaired) electrons. The Hall–Kier alpha value is -3.22. The van der Waals surface area contributed by atoms with E-state index in [1.54, 1.807) is 12.3 Å². The Balaban J connectivity index is 2.10. The number of aromatic nitrogens is 1. The van der Waals surface area contributed by atoms with E-state index in [0.717, 1.165) is 16.7 Å². The van der Waals surface area contributed by atoms with Crippen molar-refractivity contribution in [3.05, 3.63) is 53.2 Å². The van der Waals surface area contributed by atoms with Gasteiger partial charge in [0, 0.05) is 30.3 Å². The van der Waals surface area contributed by atoms with E-state index < -0.39 is 5.54 Å². The molecule has 3 amide bonds. The average Bonchev–Trinajstić information content (AvgIpc) is 2.65. The number of nitrogens with zero attached hydrogens (tertiary/aromatic N) is 2. The number of anilines is 2. The molecular weight excluding hydrogens is 392 g/mol. The summed E-state index contributed by atoms with van der Waals surface area (Å²) >= 11 is 0. The maximum absolute atomic E-state index is 13.0. The van der Waals surface area contributed by atoms with Crippen molar-refractivity contribution in [2.75, 3.05) is 16.8 Å². The summed E-state index contributed by atoms with van der Waals surface area (Å²) in [7, 11) is 0. The van der Waals surface area contributed by atoms with Crippen molar-refractivity contribution in [1.29, 1.82) is 0 Å². The fourth-order valence-corrected chi connectivity index (χ4v) is 2.98. The molecule has 2 aromatic rings. The third-order valence-electron chi connectivity index (χ3n) is 4.67. The van der Waals surface area contributed by atoms with Crippen molar-refractivity contribution in [1.82, 2.24) is 10.3 Å². The van der Waals surface area contributed by atoms with Gasteiger partial charge in [-0.25, -0.2) is 4.98 Å². The van der Waals surface area contributed by atoms with Crippen molar-refractivity contribution in [2.24, 2.45) is 0 Å². The standard InChI is InChI=1S/C24H32N4O3/c1-16-11-12-25-20(13-16)26-21(29)9-10-23(31)28(15-22(30)27-24(4,5)6)19-8-7-17(2)18(3)14-19/h7-8,11-14H,9-10,15H2,1-6H3,(H,27,30)(H,25,26,29). The van der Waals surface area contributed by atoms with Crippen molar-refractivity contribution in [3.63, 3.8) is 0 Å². The second-order valence-electron chi connectivity index (χ2n) is 8.81. The van der Waals surface area contributed by atoms with Crippen molar-refractivity contribution in [2.45, 2.75) is 59.9 Å². The largest absolute Gasteiger partial charge is 0.350 e. The molecule has 2 N–H and O–H groups in total. The molecule has 0 saturated carbocycles. The highest BCUT2D eigenvalue weighted by atomic mass is 16.2. The molecule has 166 valence electrons. The van der Waals surface area contributed by atoms with Crippen LogP contribution < -0.4 is 15.5 Å². The zero-order valence-electron chi connectivity index (χ0n) is 19.2. The van der Waals surface area contributed by atoms with Gasteiger partial charge in [0.2, 0.25) is 17.7 Å². The molecule has 0 bridgehead atoms. The van der Waals surface area contributed by atoms with E-state index in [9.17, 15) is 14.4 Å². The SMILES string of the molecule is Cc1ccnc(NC(=O)CCC(=O)N(CC(=O)NC(C)(C)C)c2ccc(C)c(C)c2)c1. The van der Waals surface area contributed by atoms with Gasteiger partial charge in [0.15, 0.2) is 0 Å². The number of nitrogens with one attached hydrogen (secondary N) is 2. The number of benzene rings is 1. The van der Waals surface area contributed by atoms with E-state index in [1.807, 2.05) is 65.8 Å². The summed E-state index contributed by atoms with van der Waals surface area (Å²) in [5, 5.41) is 5.59. The minimum absolute atomic E-state index is 0.00329. The lowest BCUT2D eigenvalue weighted by Crippen LogP contribution is -2.47.